The molecule has 0 heterocycles. The molecule has 0 unspecified atom stereocenters. The van der Waals surface area contributed by atoms with E-state index in [2.05, 4.69) is 0 Å². The van der Waals surface area contributed by atoms with Crippen LogP contribution in [0.3, 0.4) is 0 Å². The van der Waals surface area contributed by atoms with E-state index in [9.17, 15) is 9.59 Å². The van der Waals surface area contributed by atoms with Crippen LogP contribution in [0.1, 0.15) is 11.1 Å². The Morgan fingerprint density at radius 3 is 1.04 bits per heavy atom. The zero-order chi connectivity index (χ0) is 19.5. The maximum absolute atomic E-state index is 12.1. The summed E-state index contributed by atoms with van der Waals surface area (Å²) in [5.41, 5.74) is 4.26. The third-order valence-electron chi connectivity index (χ3n) is 4.45. The lowest BCUT2D eigenvalue weighted by molar-refractivity contribution is -0.792. The summed E-state index contributed by atoms with van der Waals surface area (Å²) in [4.78, 5) is 24.3. The number of benzene rings is 2. The molecular weight excluding hydrogens is 484 g/mol. The van der Waals surface area contributed by atoms with Crippen LogP contribution >= 0.6 is 0 Å². The summed E-state index contributed by atoms with van der Waals surface area (Å²) < 4.78 is 0.657. The largest absolute Gasteiger partial charge is 1.00 e. The molecule has 4 nitrogen and oxygen atoms in total. The number of nitrogens with zero attached hydrogens (tertiary/aromatic N) is 2. The molecule has 0 aromatic heterocycles. The molecule has 6 heteroatoms. The fourth-order valence-electron chi connectivity index (χ4n) is 2.45. The molecule has 0 aliphatic carbocycles. The van der Waals surface area contributed by atoms with E-state index >= 15 is 0 Å². The third kappa shape index (κ3) is 7.59. The first-order valence-electron chi connectivity index (χ1n) is 8.85. The fraction of sp³-hybridized carbons (Fsp3) is 0.364. The van der Waals surface area contributed by atoms with Gasteiger partial charge in [0.2, 0.25) is 0 Å². The van der Waals surface area contributed by atoms with Crippen molar-refractivity contribution >= 4 is 11.8 Å². The molecule has 0 fully saturated rings. The van der Waals surface area contributed by atoms with E-state index < -0.39 is 0 Å². The molecule has 2 aromatic carbocycles. The van der Waals surface area contributed by atoms with Gasteiger partial charge in [0.15, 0.2) is 0 Å². The zero-order valence-electron chi connectivity index (χ0n) is 17.5. The van der Waals surface area contributed by atoms with Gasteiger partial charge in [0.05, 0.1) is 55.1 Å². The van der Waals surface area contributed by atoms with E-state index in [1.165, 1.54) is 0 Å². The Morgan fingerprint density at radius 2 is 0.821 bits per heavy atom. The highest BCUT2D eigenvalue weighted by Crippen LogP contribution is 2.21. The number of hydrogen-bond donors (Lipinski definition) is 0. The number of hydrogen-bond acceptors (Lipinski definition) is 2. The molecular formula is C22H30Br2N2O2. The molecule has 2 aromatic rings. The summed E-state index contributed by atoms with van der Waals surface area (Å²) in [6, 6.07) is 16.2. The van der Waals surface area contributed by atoms with Crippen LogP contribution in [0.15, 0.2) is 48.5 Å². The summed E-state index contributed by atoms with van der Waals surface area (Å²) in [7, 11) is 11.3. The van der Waals surface area contributed by atoms with Crippen molar-refractivity contribution in [2.24, 2.45) is 0 Å². The highest BCUT2D eigenvalue weighted by molar-refractivity contribution is 5.74. The second-order valence-electron chi connectivity index (χ2n) is 8.56. The number of carbonyl (C=O) groups is 2. The minimum Gasteiger partial charge on any atom is -1.00 e. The van der Waals surface area contributed by atoms with Crippen molar-refractivity contribution in [1.82, 2.24) is 0 Å². The Morgan fingerprint density at radius 1 is 0.571 bits per heavy atom. The Bertz CT molecular complexity index is 718. The fourth-order valence-corrected chi connectivity index (χ4v) is 2.45. The Balaban J connectivity index is 0.00000364. The number of carbonyl (C=O) groups excluding carboxylic acids is 2. The summed E-state index contributed by atoms with van der Waals surface area (Å²) in [6.45, 7) is 0. The molecule has 0 aliphatic rings. The highest BCUT2D eigenvalue weighted by Gasteiger charge is 2.21. The maximum Gasteiger partial charge on any atom is 0.317 e. The normalized spacial score (nSPS) is 11.2. The van der Waals surface area contributed by atoms with Gasteiger partial charge in [0, 0.05) is 0 Å². The Labute approximate surface area is 189 Å². The van der Waals surface area contributed by atoms with Crippen LogP contribution in [-0.4, -0.2) is 63.1 Å². The lowest BCUT2D eigenvalue weighted by Gasteiger charge is -2.20. The summed E-state index contributed by atoms with van der Waals surface area (Å²) in [5, 5.41) is 0. The number of quaternary nitrogens is 2. The standard InChI is InChI=1S/C22H30N2O2.2BrH/c1-23(2,3)21(25)15-17-7-11-19(12-8-17)20-13-9-18(10-14-20)16-22(26)24(4,5)6;;/h7-14H,15-16H2,1-6H3;2*1H/q+2;;/p-2. The van der Waals surface area contributed by atoms with Crippen LogP contribution in [0.2, 0.25) is 0 Å². The van der Waals surface area contributed by atoms with Crippen molar-refractivity contribution in [3.05, 3.63) is 59.7 Å². The third-order valence-corrected chi connectivity index (χ3v) is 4.45. The zero-order valence-corrected chi connectivity index (χ0v) is 20.7. The molecule has 0 saturated carbocycles. The second kappa shape index (κ2) is 10.4. The van der Waals surface area contributed by atoms with E-state index in [0.29, 0.717) is 21.8 Å². The summed E-state index contributed by atoms with van der Waals surface area (Å²) in [5.74, 6) is 0.369. The van der Waals surface area contributed by atoms with Gasteiger partial charge in [-0.15, -0.1) is 0 Å². The van der Waals surface area contributed by atoms with Gasteiger partial charge in [0.1, 0.15) is 0 Å². The molecule has 2 rings (SSSR count). The molecule has 154 valence electrons. The van der Waals surface area contributed by atoms with Gasteiger partial charge >= 0.3 is 11.8 Å². The van der Waals surface area contributed by atoms with Crippen LogP contribution in [0.25, 0.3) is 11.1 Å². The van der Waals surface area contributed by atoms with Gasteiger partial charge in [-0.2, -0.15) is 0 Å². The number of likely N-dealkylation sites (N-methyl/N-ethyl adjacent to an activating group) is 2. The number of rotatable bonds is 5. The van der Waals surface area contributed by atoms with E-state index in [1.54, 1.807) is 0 Å². The van der Waals surface area contributed by atoms with Crippen molar-refractivity contribution in [3.63, 3.8) is 0 Å². The van der Waals surface area contributed by atoms with Gasteiger partial charge < -0.3 is 34.0 Å². The predicted octanol–water partition coefficient (Wildman–Crippen LogP) is -3.09. The molecule has 28 heavy (non-hydrogen) atoms. The van der Waals surface area contributed by atoms with Gasteiger partial charge in [-0.05, 0) is 22.3 Å². The van der Waals surface area contributed by atoms with Crippen molar-refractivity contribution < 1.29 is 52.5 Å². The Kier molecular flexibility index (Phi) is 9.94. The minimum absolute atomic E-state index is 0. The van der Waals surface area contributed by atoms with Crippen LogP contribution in [-0.2, 0) is 22.4 Å². The quantitative estimate of drug-likeness (QED) is 0.397. The lowest BCUT2D eigenvalue weighted by atomic mass is 10.0. The first kappa shape index (κ1) is 26.7. The topological polar surface area (TPSA) is 34.1 Å². The predicted molar refractivity (Wildman–Crippen MR) is 105 cm³/mol. The van der Waals surface area contributed by atoms with Gasteiger partial charge in [0.25, 0.3) is 0 Å². The monoisotopic (exact) mass is 512 g/mol. The first-order valence-corrected chi connectivity index (χ1v) is 8.85. The number of amides is 2. The molecule has 0 spiro atoms. The van der Waals surface area contributed by atoms with Crippen LogP contribution in [0.5, 0.6) is 0 Å². The smallest absolute Gasteiger partial charge is 0.317 e. The van der Waals surface area contributed by atoms with Crippen molar-refractivity contribution in [2.45, 2.75) is 12.8 Å². The van der Waals surface area contributed by atoms with E-state index in [1.807, 2.05) is 90.8 Å². The molecule has 0 atom stereocenters. The second-order valence-corrected chi connectivity index (χ2v) is 8.56. The molecule has 0 bridgehead atoms. The van der Waals surface area contributed by atoms with Crippen LogP contribution in [0, 0.1) is 0 Å². The van der Waals surface area contributed by atoms with Gasteiger partial charge in [-0.1, -0.05) is 48.5 Å². The molecule has 2 amide bonds. The molecule has 0 radical (unpaired) electrons. The SMILES string of the molecule is C[N+](C)(C)C(=O)Cc1ccc(-c2ccc(CC(=O)[N+](C)(C)C)cc2)cc1.[Br-].[Br-]. The van der Waals surface area contributed by atoms with Crippen LogP contribution < -0.4 is 34.0 Å². The van der Waals surface area contributed by atoms with E-state index in [4.69, 9.17) is 0 Å². The first-order chi connectivity index (χ1) is 12.0. The van der Waals surface area contributed by atoms with Crippen LogP contribution in [0.4, 0.5) is 0 Å². The molecule has 0 N–H and O–H groups in total. The summed E-state index contributed by atoms with van der Waals surface area (Å²) >= 11 is 0. The average Bonchev–Trinajstić information content (AvgIpc) is 2.54. The average molecular weight is 514 g/mol. The summed E-state index contributed by atoms with van der Waals surface area (Å²) in [6.07, 6.45) is 0.881. The van der Waals surface area contributed by atoms with Gasteiger partial charge in [-0.25, -0.2) is 9.59 Å². The lowest BCUT2D eigenvalue weighted by Crippen LogP contribution is -3.00. The molecule has 0 aliphatic heterocycles. The Hall–Kier alpha value is -1.34. The number of halogens is 2. The maximum atomic E-state index is 12.1. The van der Waals surface area contributed by atoms with E-state index in [-0.39, 0.29) is 45.8 Å². The van der Waals surface area contributed by atoms with Gasteiger partial charge in [-0.3, -0.25) is 8.97 Å². The molecule has 0 saturated heterocycles. The minimum atomic E-state index is 0. The van der Waals surface area contributed by atoms with Crippen molar-refractivity contribution in [2.75, 3.05) is 42.3 Å². The highest BCUT2D eigenvalue weighted by atomic mass is 79.9. The van der Waals surface area contributed by atoms with Crippen molar-refractivity contribution in [1.29, 1.82) is 0 Å². The van der Waals surface area contributed by atoms with Crippen molar-refractivity contribution in [3.8, 4) is 11.1 Å². The van der Waals surface area contributed by atoms with E-state index in [0.717, 1.165) is 22.3 Å².